The average Bonchev–Trinajstić information content (AvgIpc) is 2.53. The van der Waals surface area contributed by atoms with E-state index in [1.807, 2.05) is 0 Å². The Hall–Kier alpha value is -1.82. The normalized spacial score (nSPS) is 11.7. The molecule has 0 unspecified atom stereocenters. The number of fused-ring (bicyclic) bond motifs is 3. The van der Waals surface area contributed by atoms with Crippen molar-refractivity contribution in [1.82, 2.24) is 0 Å². The second kappa shape index (κ2) is 5.09. The Kier molecular flexibility index (Phi) is 3.55. The van der Waals surface area contributed by atoms with E-state index in [2.05, 4.69) is 68.4 Å². The first-order valence-corrected chi connectivity index (χ1v) is 8.58. The smallest absolute Gasteiger partial charge is 0.00651 e. The molecule has 3 aromatic rings. The maximum atomic E-state index is 2.41. The van der Waals surface area contributed by atoms with Gasteiger partial charge >= 0.3 is 0 Å². The Balaban J connectivity index is 2.80. The molecule has 23 heavy (non-hydrogen) atoms. The third-order valence-electron chi connectivity index (χ3n) is 6.43. The summed E-state index contributed by atoms with van der Waals surface area (Å²) in [7, 11) is 0. The number of hydrogen-bond donors (Lipinski definition) is 0. The van der Waals surface area contributed by atoms with Gasteiger partial charge in [-0.15, -0.1) is 0 Å². The van der Waals surface area contributed by atoms with E-state index in [1.165, 1.54) is 71.6 Å². The lowest BCUT2D eigenvalue weighted by Gasteiger charge is -2.22. The molecule has 0 fully saturated rings. The van der Waals surface area contributed by atoms with Gasteiger partial charge in [0.05, 0.1) is 0 Å². The maximum absolute atomic E-state index is 2.41. The van der Waals surface area contributed by atoms with Crippen molar-refractivity contribution >= 4 is 21.5 Å². The Morgan fingerprint density at radius 3 is 1.30 bits per heavy atom. The van der Waals surface area contributed by atoms with Crippen LogP contribution in [0.1, 0.15) is 50.1 Å². The second-order valence-corrected chi connectivity index (χ2v) is 7.37. The molecule has 0 heterocycles. The maximum Gasteiger partial charge on any atom is -0.00651 e. The largest absolute Gasteiger partial charge is 0.0505 e. The summed E-state index contributed by atoms with van der Waals surface area (Å²) >= 11 is 0. The molecule has 0 aliphatic heterocycles. The van der Waals surface area contributed by atoms with Crippen molar-refractivity contribution in [1.29, 1.82) is 0 Å². The highest BCUT2D eigenvalue weighted by Crippen LogP contribution is 2.40. The zero-order chi connectivity index (χ0) is 17.2. The predicted molar refractivity (Wildman–Crippen MR) is 104 cm³/mol. The Bertz CT molecular complexity index is 985. The zero-order valence-corrected chi connectivity index (χ0v) is 16.1. The fourth-order valence-corrected chi connectivity index (χ4v) is 4.25. The van der Waals surface area contributed by atoms with Crippen LogP contribution < -0.4 is 0 Å². The summed E-state index contributed by atoms with van der Waals surface area (Å²) in [5.41, 5.74) is 12.9. The highest BCUT2D eigenvalue weighted by atomic mass is 14.2. The predicted octanol–water partition coefficient (Wildman–Crippen LogP) is 6.77. The van der Waals surface area contributed by atoms with Crippen molar-refractivity contribution in [3.63, 3.8) is 0 Å². The first-order valence-electron chi connectivity index (χ1n) is 8.58. The summed E-state index contributed by atoms with van der Waals surface area (Å²) in [6.07, 6.45) is 0. The van der Waals surface area contributed by atoms with Gasteiger partial charge in [0.2, 0.25) is 0 Å². The molecule has 0 aliphatic carbocycles. The molecule has 0 saturated heterocycles. The molecule has 0 heteroatoms. The van der Waals surface area contributed by atoms with E-state index in [-0.39, 0.29) is 0 Å². The highest BCUT2D eigenvalue weighted by Gasteiger charge is 2.18. The molecule has 3 rings (SSSR count). The van der Waals surface area contributed by atoms with Crippen molar-refractivity contribution in [2.75, 3.05) is 0 Å². The fraction of sp³-hybridized carbons (Fsp3) is 0.391. The lowest BCUT2D eigenvalue weighted by Crippen LogP contribution is -2.00. The zero-order valence-electron chi connectivity index (χ0n) is 16.1. The molecular formula is C23H28. The number of benzene rings is 3. The molecule has 0 amide bonds. The molecule has 0 saturated carbocycles. The highest BCUT2D eigenvalue weighted by molar-refractivity contribution is 6.15. The lowest BCUT2D eigenvalue weighted by molar-refractivity contribution is 1.23. The summed E-state index contributed by atoms with van der Waals surface area (Å²) in [6.45, 7) is 20.5. The monoisotopic (exact) mass is 304 g/mol. The second-order valence-electron chi connectivity index (χ2n) is 7.37. The molecule has 0 atom stereocenters. The number of aryl methyl sites for hydroxylation is 5. The van der Waals surface area contributed by atoms with Crippen LogP contribution in [0.15, 0.2) is 6.07 Å². The van der Waals surface area contributed by atoms with Gasteiger partial charge in [0.15, 0.2) is 0 Å². The van der Waals surface area contributed by atoms with Crippen LogP contribution in [0.3, 0.4) is 0 Å². The third-order valence-corrected chi connectivity index (χ3v) is 6.43. The van der Waals surface area contributed by atoms with E-state index >= 15 is 0 Å². The molecule has 3 aromatic carbocycles. The van der Waals surface area contributed by atoms with Crippen LogP contribution in [0.25, 0.3) is 21.5 Å². The van der Waals surface area contributed by atoms with Crippen LogP contribution in [0.2, 0.25) is 0 Å². The minimum absolute atomic E-state index is 1.40. The summed E-state index contributed by atoms with van der Waals surface area (Å²) in [5, 5.41) is 5.84. The molecule has 0 nitrogen and oxygen atoms in total. The lowest BCUT2D eigenvalue weighted by atomic mass is 9.82. The number of hydrogen-bond acceptors (Lipinski definition) is 0. The Morgan fingerprint density at radius 2 is 0.783 bits per heavy atom. The van der Waals surface area contributed by atoms with Crippen molar-refractivity contribution in [3.05, 3.63) is 56.1 Å². The van der Waals surface area contributed by atoms with Gasteiger partial charge in [-0.05, 0) is 134 Å². The Morgan fingerprint density at radius 1 is 0.391 bits per heavy atom. The third kappa shape index (κ3) is 1.97. The number of rotatable bonds is 0. The van der Waals surface area contributed by atoms with E-state index < -0.39 is 0 Å². The molecular weight excluding hydrogens is 276 g/mol. The van der Waals surface area contributed by atoms with Gasteiger partial charge in [0.25, 0.3) is 0 Å². The minimum atomic E-state index is 1.40. The molecule has 0 radical (unpaired) electrons. The summed E-state index contributed by atoms with van der Waals surface area (Å²) < 4.78 is 0. The molecule has 0 N–H and O–H groups in total. The van der Waals surface area contributed by atoms with Crippen LogP contribution in [0, 0.1) is 62.3 Å². The summed E-state index contributed by atoms with van der Waals surface area (Å²) in [5.74, 6) is 0. The Labute approximate surface area is 140 Å². The fourth-order valence-electron chi connectivity index (χ4n) is 4.25. The van der Waals surface area contributed by atoms with E-state index in [1.54, 1.807) is 0 Å². The van der Waals surface area contributed by atoms with Crippen molar-refractivity contribution in [2.24, 2.45) is 0 Å². The summed E-state index contributed by atoms with van der Waals surface area (Å²) in [4.78, 5) is 0. The van der Waals surface area contributed by atoms with Gasteiger partial charge in [-0.2, -0.15) is 0 Å². The molecule has 0 spiro atoms. The van der Waals surface area contributed by atoms with Crippen LogP contribution in [0.4, 0.5) is 0 Å². The molecule has 0 aromatic heterocycles. The van der Waals surface area contributed by atoms with E-state index in [4.69, 9.17) is 0 Å². The van der Waals surface area contributed by atoms with Crippen molar-refractivity contribution < 1.29 is 0 Å². The van der Waals surface area contributed by atoms with E-state index in [0.29, 0.717) is 0 Å². The van der Waals surface area contributed by atoms with Crippen molar-refractivity contribution in [3.8, 4) is 0 Å². The average molecular weight is 304 g/mol. The minimum Gasteiger partial charge on any atom is -0.0505 e. The van der Waals surface area contributed by atoms with Gasteiger partial charge < -0.3 is 0 Å². The van der Waals surface area contributed by atoms with Gasteiger partial charge in [0.1, 0.15) is 0 Å². The molecule has 0 bridgehead atoms. The van der Waals surface area contributed by atoms with Crippen LogP contribution in [-0.2, 0) is 0 Å². The van der Waals surface area contributed by atoms with Gasteiger partial charge in [0, 0.05) is 0 Å². The van der Waals surface area contributed by atoms with Crippen LogP contribution in [0.5, 0.6) is 0 Å². The van der Waals surface area contributed by atoms with Gasteiger partial charge in [-0.3, -0.25) is 0 Å². The molecule has 120 valence electrons. The summed E-state index contributed by atoms with van der Waals surface area (Å²) in [6, 6.07) is 2.41. The van der Waals surface area contributed by atoms with Gasteiger partial charge in [-0.25, -0.2) is 0 Å². The van der Waals surface area contributed by atoms with E-state index in [0.717, 1.165) is 0 Å². The molecule has 0 aliphatic rings. The van der Waals surface area contributed by atoms with Crippen LogP contribution in [-0.4, -0.2) is 0 Å². The topological polar surface area (TPSA) is 0 Å². The van der Waals surface area contributed by atoms with E-state index in [9.17, 15) is 0 Å². The quantitative estimate of drug-likeness (QED) is 0.402. The first kappa shape index (κ1) is 16.1. The SMILES string of the molecule is Cc1c(C)c(C)c2c(cc(C)c3c(C)c(C)c(C)c(C)c32)c1C. The standard InChI is InChI=1S/C23H28/c1-11-10-20-16(6)12(2)13(3)18(8)22(20)23-19(9)15(5)14(4)17(7)21(11)23/h10H,1-9H3. The van der Waals surface area contributed by atoms with Crippen molar-refractivity contribution in [2.45, 2.75) is 62.3 Å². The van der Waals surface area contributed by atoms with Gasteiger partial charge in [-0.1, -0.05) is 6.07 Å². The van der Waals surface area contributed by atoms with Crippen LogP contribution >= 0.6 is 0 Å². The first-order chi connectivity index (χ1) is 10.7.